The van der Waals surface area contributed by atoms with Crippen LogP contribution in [0.2, 0.25) is 10.0 Å². The molecule has 0 saturated carbocycles. The third-order valence-corrected chi connectivity index (χ3v) is 4.60. The number of nitrogens with zero attached hydrogens (tertiary/aromatic N) is 2. The zero-order chi connectivity index (χ0) is 18.0. The highest BCUT2D eigenvalue weighted by atomic mass is 35.5. The Bertz CT molecular complexity index is 887. The molecule has 0 spiro atoms. The van der Waals surface area contributed by atoms with Gasteiger partial charge in [0.05, 0.1) is 21.4 Å². The fourth-order valence-electron chi connectivity index (χ4n) is 2.29. The van der Waals surface area contributed by atoms with Crippen LogP contribution in [0.4, 0.5) is 11.4 Å². The van der Waals surface area contributed by atoms with Crippen LogP contribution in [0, 0.1) is 5.92 Å². The fourth-order valence-corrected chi connectivity index (χ4v) is 2.93. The zero-order valence-corrected chi connectivity index (χ0v) is 15.0. The Balaban J connectivity index is 1.91. The maximum Gasteiger partial charge on any atom is 0.251 e. The standard InChI is InChI=1S/C17H11Cl2N3O2S/c18-12-7-4-8-13(14(12)19)20-9-11-15(23)21-17(25)22(16(11)24)10-5-2-1-3-6-10/h1-9,11H,(H,21,23,25)/t11-/m0/s1. The van der Waals surface area contributed by atoms with E-state index >= 15 is 0 Å². The van der Waals surface area contributed by atoms with E-state index in [-0.39, 0.29) is 10.1 Å². The number of hydrogen-bond donors (Lipinski definition) is 1. The molecule has 1 aliphatic rings. The van der Waals surface area contributed by atoms with Crippen molar-refractivity contribution in [2.24, 2.45) is 10.9 Å². The molecule has 0 radical (unpaired) electrons. The lowest BCUT2D eigenvalue weighted by Crippen LogP contribution is -2.58. The zero-order valence-electron chi connectivity index (χ0n) is 12.6. The summed E-state index contributed by atoms with van der Waals surface area (Å²) < 4.78 is 0. The monoisotopic (exact) mass is 391 g/mol. The van der Waals surface area contributed by atoms with Gasteiger partial charge in [-0.05, 0) is 36.5 Å². The molecule has 0 unspecified atom stereocenters. The topological polar surface area (TPSA) is 61.8 Å². The van der Waals surface area contributed by atoms with Crippen LogP contribution in [0.1, 0.15) is 0 Å². The average Bonchev–Trinajstić information content (AvgIpc) is 2.59. The molecule has 1 N–H and O–H groups in total. The summed E-state index contributed by atoms with van der Waals surface area (Å²) in [5, 5.41) is 3.14. The molecule has 2 aromatic carbocycles. The van der Waals surface area contributed by atoms with Crippen molar-refractivity contribution in [1.29, 1.82) is 0 Å². The van der Waals surface area contributed by atoms with Crippen molar-refractivity contribution < 1.29 is 9.59 Å². The fraction of sp³-hybridized carbons (Fsp3) is 0.0588. The van der Waals surface area contributed by atoms with Gasteiger partial charge in [0.1, 0.15) is 0 Å². The summed E-state index contributed by atoms with van der Waals surface area (Å²) >= 11 is 17.1. The van der Waals surface area contributed by atoms with Gasteiger partial charge in [-0.15, -0.1) is 0 Å². The van der Waals surface area contributed by atoms with Gasteiger partial charge in [0.15, 0.2) is 11.0 Å². The van der Waals surface area contributed by atoms with E-state index in [1.165, 1.54) is 11.1 Å². The van der Waals surface area contributed by atoms with Gasteiger partial charge in [-0.25, -0.2) is 0 Å². The lowest BCUT2D eigenvalue weighted by atomic mass is 10.1. The van der Waals surface area contributed by atoms with Gasteiger partial charge >= 0.3 is 0 Å². The Morgan fingerprint density at radius 1 is 1.08 bits per heavy atom. The first-order valence-electron chi connectivity index (χ1n) is 7.21. The van der Waals surface area contributed by atoms with Gasteiger partial charge in [-0.2, -0.15) is 0 Å². The number of hydrogen-bond acceptors (Lipinski definition) is 4. The predicted molar refractivity (Wildman–Crippen MR) is 103 cm³/mol. The van der Waals surface area contributed by atoms with Crippen LogP contribution in [0.5, 0.6) is 0 Å². The minimum atomic E-state index is -1.12. The Kier molecular flexibility index (Phi) is 5.13. The second kappa shape index (κ2) is 7.31. The molecule has 5 nitrogen and oxygen atoms in total. The van der Waals surface area contributed by atoms with Crippen molar-refractivity contribution in [3.63, 3.8) is 0 Å². The maximum absolute atomic E-state index is 12.7. The van der Waals surface area contributed by atoms with E-state index in [0.717, 1.165) is 0 Å². The Labute approximate surface area is 159 Å². The van der Waals surface area contributed by atoms with Crippen LogP contribution in [0.3, 0.4) is 0 Å². The van der Waals surface area contributed by atoms with Gasteiger partial charge in [-0.3, -0.25) is 19.5 Å². The van der Waals surface area contributed by atoms with E-state index in [0.29, 0.717) is 16.4 Å². The number of aliphatic imine (C=N–C) groups is 1. The van der Waals surface area contributed by atoms with Crippen molar-refractivity contribution >= 4 is 69.9 Å². The SMILES string of the molecule is O=C1NC(=S)N(c2ccccc2)C(=O)[C@H]1C=Nc1cccc(Cl)c1Cl. The van der Waals surface area contributed by atoms with E-state index in [1.54, 1.807) is 42.5 Å². The van der Waals surface area contributed by atoms with E-state index < -0.39 is 17.7 Å². The summed E-state index contributed by atoms with van der Waals surface area (Å²) in [4.78, 5) is 30.3. The molecule has 0 aromatic heterocycles. The first-order chi connectivity index (χ1) is 12.0. The van der Waals surface area contributed by atoms with Crippen molar-refractivity contribution in [3.05, 3.63) is 58.6 Å². The summed E-state index contributed by atoms with van der Waals surface area (Å²) in [7, 11) is 0. The molecule has 8 heteroatoms. The van der Waals surface area contributed by atoms with Crippen molar-refractivity contribution in [1.82, 2.24) is 5.32 Å². The molecule has 126 valence electrons. The lowest BCUT2D eigenvalue weighted by Gasteiger charge is -2.30. The Morgan fingerprint density at radius 3 is 2.52 bits per heavy atom. The maximum atomic E-state index is 12.7. The van der Waals surface area contributed by atoms with Gasteiger partial charge in [-0.1, -0.05) is 47.5 Å². The van der Waals surface area contributed by atoms with Crippen molar-refractivity contribution in [2.75, 3.05) is 4.90 Å². The van der Waals surface area contributed by atoms with Crippen LogP contribution in [-0.4, -0.2) is 23.1 Å². The summed E-state index contributed by atoms with van der Waals surface area (Å²) in [6, 6.07) is 13.8. The van der Waals surface area contributed by atoms with Gasteiger partial charge in [0.2, 0.25) is 5.91 Å². The summed E-state index contributed by atoms with van der Waals surface area (Å²) in [6.07, 6.45) is 1.24. The lowest BCUT2D eigenvalue weighted by molar-refractivity contribution is -0.130. The Morgan fingerprint density at radius 2 is 1.80 bits per heavy atom. The molecular weight excluding hydrogens is 381 g/mol. The average molecular weight is 392 g/mol. The van der Waals surface area contributed by atoms with Crippen molar-refractivity contribution in [3.8, 4) is 0 Å². The van der Waals surface area contributed by atoms with E-state index in [9.17, 15) is 9.59 Å². The quantitative estimate of drug-likeness (QED) is 0.492. The molecule has 1 fully saturated rings. The number of rotatable bonds is 3. The minimum absolute atomic E-state index is 0.0339. The van der Waals surface area contributed by atoms with E-state index in [1.807, 2.05) is 6.07 Å². The molecule has 3 rings (SSSR count). The normalized spacial score (nSPS) is 17.9. The molecule has 0 aliphatic carbocycles. The van der Waals surface area contributed by atoms with E-state index in [2.05, 4.69) is 10.3 Å². The third kappa shape index (κ3) is 3.56. The van der Waals surface area contributed by atoms with Crippen LogP contribution in [-0.2, 0) is 9.59 Å². The molecular formula is C17H11Cl2N3O2S. The molecule has 2 amide bonds. The first-order valence-corrected chi connectivity index (χ1v) is 8.37. The minimum Gasteiger partial charge on any atom is -0.301 e. The summed E-state index contributed by atoms with van der Waals surface area (Å²) in [5.74, 6) is -2.15. The number of carbonyl (C=O) groups is 2. The summed E-state index contributed by atoms with van der Waals surface area (Å²) in [6.45, 7) is 0. The number of anilines is 1. The highest BCUT2D eigenvalue weighted by Crippen LogP contribution is 2.31. The Hall–Kier alpha value is -2.28. The number of halogens is 2. The summed E-state index contributed by atoms with van der Waals surface area (Å²) in [5.41, 5.74) is 0.936. The number of benzene rings is 2. The number of para-hydroxylation sites is 1. The van der Waals surface area contributed by atoms with E-state index in [4.69, 9.17) is 35.4 Å². The molecule has 1 atom stereocenters. The number of amides is 2. The first kappa shape index (κ1) is 17.5. The highest BCUT2D eigenvalue weighted by Gasteiger charge is 2.38. The smallest absolute Gasteiger partial charge is 0.251 e. The van der Waals surface area contributed by atoms with Gasteiger partial charge in [0, 0.05) is 6.21 Å². The highest BCUT2D eigenvalue weighted by molar-refractivity contribution is 7.80. The second-order valence-corrected chi connectivity index (χ2v) is 6.30. The second-order valence-electron chi connectivity index (χ2n) is 5.13. The number of carbonyl (C=O) groups excluding carboxylic acids is 2. The van der Waals surface area contributed by atoms with Crippen LogP contribution in [0.15, 0.2) is 53.5 Å². The van der Waals surface area contributed by atoms with Gasteiger partial charge in [0.25, 0.3) is 5.91 Å². The van der Waals surface area contributed by atoms with Crippen LogP contribution >= 0.6 is 35.4 Å². The largest absolute Gasteiger partial charge is 0.301 e. The van der Waals surface area contributed by atoms with Gasteiger partial charge < -0.3 is 5.32 Å². The number of nitrogens with one attached hydrogen (secondary N) is 1. The predicted octanol–water partition coefficient (Wildman–Crippen LogP) is 3.76. The number of thiocarbonyl (C=S) groups is 1. The molecule has 1 aliphatic heterocycles. The molecule has 1 saturated heterocycles. The molecule has 25 heavy (non-hydrogen) atoms. The van der Waals surface area contributed by atoms with Crippen molar-refractivity contribution in [2.45, 2.75) is 0 Å². The third-order valence-electron chi connectivity index (χ3n) is 3.51. The molecule has 0 bridgehead atoms. The molecule has 2 aromatic rings. The van der Waals surface area contributed by atoms with Crippen LogP contribution in [0.25, 0.3) is 0 Å². The van der Waals surface area contributed by atoms with Crippen LogP contribution < -0.4 is 10.2 Å². The molecule has 1 heterocycles.